The summed E-state index contributed by atoms with van der Waals surface area (Å²) in [6.45, 7) is 2.27. The Kier molecular flexibility index (Phi) is 4.54. The minimum atomic E-state index is 0.343. The van der Waals surface area contributed by atoms with Gasteiger partial charge in [-0.3, -0.25) is 0 Å². The smallest absolute Gasteiger partial charge is 0.135 e. The van der Waals surface area contributed by atoms with Crippen molar-refractivity contribution in [3.8, 4) is 22.3 Å². The van der Waals surface area contributed by atoms with Crippen LogP contribution >= 0.6 is 0 Å². The van der Waals surface area contributed by atoms with E-state index in [1.165, 1.54) is 44.2 Å². The van der Waals surface area contributed by atoms with Crippen LogP contribution in [0.1, 0.15) is 24.0 Å². The van der Waals surface area contributed by atoms with Crippen molar-refractivity contribution in [3.05, 3.63) is 120 Å². The zero-order chi connectivity index (χ0) is 21.5. The molecule has 1 heterocycles. The van der Waals surface area contributed by atoms with Gasteiger partial charge >= 0.3 is 0 Å². The standard InChI is InChI=1S/C31H24O/c1-21-9-3-2-4-10-22-11-5-6-12-26(22)28-19-23(15-17-25(21)28)24-16-18-31-29(20-24)27-13-7-8-14-30(27)32-31/h2-9,11-21H,10H2,1H3/b4-2-,9-3-. The lowest BCUT2D eigenvalue weighted by Crippen LogP contribution is -1.98. The molecule has 0 spiro atoms. The van der Waals surface area contributed by atoms with Crippen LogP contribution in [0.2, 0.25) is 0 Å². The van der Waals surface area contributed by atoms with E-state index in [0.717, 1.165) is 17.6 Å². The van der Waals surface area contributed by atoms with E-state index in [-0.39, 0.29) is 0 Å². The first kappa shape index (κ1) is 18.9. The predicted molar refractivity (Wildman–Crippen MR) is 135 cm³/mol. The molecule has 6 rings (SSSR count). The van der Waals surface area contributed by atoms with E-state index in [4.69, 9.17) is 4.42 Å². The Labute approximate surface area is 188 Å². The second kappa shape index (κ2) is 7.69. The minimum absolute atomic E-state index is 0.343. The van der Waals surface area contributed by atoms with Crippen molar-refractivity contribution in [2.45, 2.75) is 19.3 Å². The van der Waals surface area contributed by atoms with Crippen LogP contribution in [-0.2, 0) is 6.42 Å². The SMILES string of the molecule is CC1/C=C\C=C/Cc2ccccc2-c2cc(-c3ccc4oc5ccccc5c4c3)ccc21. The van der Waals surface area contributed by atoms with Crippen LogP contribution in [0.15, 0.2) is 114 Å². The summed E-state index contributed by atoms with van der Waals surface area (Å²) in [5, 5.41) is 2.33. The molecule has 1 nitrogen and oxygen atoms in total. The molecule has 5 aromatic rings. The van der Waals surface area contributed by atoms with Crippen LogP contribution < -0.4 is 0 Å². The lowest BCUT2D eigenvalue weighted by atomic mass is 9.85. The van der Waals surface area contributed by atoms with Gasteiger partial charge in [0.25, 0.3) is 0 Å². The number of hydrogen-bond acceptors (Lipinski definition) is 1. The van der Waals surface area contributed by atoms with Crippen molar-refractivity contribution in [1.82, 2.24) is 0 Å². The summed E-state index contributed by atoms with van der Waals surface area (Å²) in [6.07, 6.45) is 9.80. The third-order valence-corrected chi connectivity index (χ3v) is 6.55. The first-order valence-corrected chi connectivity index (χ1v) is 11.3. The normalized spacial score (nSPS) is 17.6. The minimum Gasteiger partial charge on any atom is -0.456 e. The highest BCUT2D eigenvalue weighted by molar-refractivity contribution is 6.06. The van der Waals surface area contributed by atoms with Gasteiger partial charge in [0.05, 0.1) is 0 Å². The molecule has 0 saturated heterocycles. The first-order valence-electron chi connectivity index (χ1n) is 11.3. The average molecular weight is 413 g/mol. The van der Waals surface area contributed by atoms with Crippen LogP contribution in [0, 0.1) is 0 Å². The van der Waals surface area contributed by atoms with E-state index >= 15 is 0 Å². The molecule has 1 aromatic heterocycles. The van der Waals surface area contributed by atoms with Crippen molar-refractivity contribution < 1.29 is 4.42 Å². The number of furan rings is 1. The van der Waals surface area contributed by atoms with Gasteiger partial charge in [-0.05, 0) is 70.0 Å². The third kappa shape index (κ3) is 3.18. The van der Waals surface area contributed by atoms with Gasteiger partial charge < -0.3 is 4.42 Å². The second-order valence-electron chi connectivity index (χ2n) is 8.57. The molecular weight excluding hydrogens is 388 g/mol. The number of rotatable bonds is 1. The van der Waals surface area contributed by atoms with Crippen molar-refractivity contribution in [2.24, 2.45) is 0 Å². The topological polar surface area (TPSA) is 13.1 Å². The number of fused-ring (bicyclic) bond motifs is 6. The van der Waals surface area contributed by atoms with Gasteiger partial charge in [0, 0.05) is 10.8 Å². The maximum atomic E-state index is 6.04. The maximum Gasteiger partial charge on any atom is 0.135 e. The molecule has 32 heavy (non-hydrogen) atoms. The fraction of sp³-hybridized carbons (Fsp3) is 0.0968. The van der Waals surface area contributed by atoms with E-state index in [1.807, 2.05) is 12.1 Å². The predicted octanol–water partition coefficient (Wildman–Crippen LogP) is 8.69. The highest BCUT2D eigenvalue weighted by Crippen LogP contribution is 2.38. The molecule has 1 heteroatoms. The molecule has 1 unspecified atom stereocenters. The van der Waals surface area contributed by atoms with Crippen LogP contribution in [0.5, 0.6) is 0 Å². The fourth-order valence-electron chi connectivity index (χ4n) is 4.84. The van der Waals surface area contributed by atoms with E-state index in [2.05, 4.69) is 104 Å². The summed E-state index contributed by atoms with van der Waals surface area (Å²) >= 11 is 0. The molecule has 0 N–H and O–H groups in total. The summed E-state index contributed by atoms with van der Waals surface area (Å²) in [5.41, 5.74) is 9.69. The zero-order valence-corrected chi connectivity index (χ0v) is 18.1. The largest absolute Gasteiger partial charge is 0.456 e. The third-order valence-electron chi connectivity index (χ3n) is 6.55. The molecule has 0 aliphatic heterocycles. The summed E-state index contributed by atoms with van der Waals surface area (Å²) in [4.78, 5) is 0. The number of benzene rings is 4. The lowest BCUT2D eigenvalue weighted by Gasteiger charge is -2.19. The van der Waals surface area contributed by atoms with Gasteiger partial charge in [0.1, 0.15) is 11.2 Å². The summed E-state index contributed by atoms with van der Waals surface area (Å²) < 4.78 is 6.04. The van der Waals surface area contributed by atoms with E-state index in [1.54, 1.807) is 0 Å². The van der Waals surface area contributed by atoms with Crippen molar-refractivity contribution in [3.63, 3.8) is 0 Å². The summed E-state index contributed by atoms with van der Waals surface area (Å²) in [7, 11) is 0. The first-order chi connectivity index (χ1) is 15.8. The van der Waals surface area contributed by atoms with Crippen LogP contribution in [0.3, 0.4) is 0 Å². The van der Waals surface area contributed by atoms with Crippen molar-refractivity contribution in [2.75, 3.05) is 0 Å². The number of allylic oxidation sites excluding steroid dienone is 4. The Morgan fingerprint density at radius 1 is 0.688 bits per heavy atom. The van der Waals surface area contributed by atoms with Crippen molar-refractivity contribution in [1.29, 1.82) is 0 Å². The second-order valence-corrected chi connectivity index (χ2v) is 8.57. The average Bonchev–Trinajstić information content (AvgIpc) is 3.21. The summed E-state index contributed by atoms with van der Waals surface area (Å²) in [6, 6.07) is 30.5. The fourth-order valence-corrected chi connectivity index (χ4v) is 4.84. The molecule has 0 bridgehead atoms. The highest BCUT2D eigenvalue weighted by Gasteiger charge is 2.15. The Morgan fingerprint density at radius 2 is 1.47 bits per heavy atom. The van der Waals surface area contributed by atoms with Gasteiger partial charge in [-0.2, -0.15) is 0 Å². The number of hydrogen-bond donors (Lipinski definition) is 0. The van der Waals surface area contributed by atoms with Crippen molar-refractivity contribution >= 4 is 21.9 Å². The Bertz CT molecular complexity index is 1510. The van der Waals surface area contributed by atoms with Crippen LogP contribution in [0.4, 0.5) is 0 Å². The van der Waals surface area contributed by atoms with E-state index < -0.39 is 0 Å². The Balaban J connectivity index is 1.56. The number of para-hydroxylation sites is 1. The van der Waals surface area contributed by atoms with Gasteiger partial charge in [0.15, 0.2) is 0 Å². The molecular formula is C31H24O. The highest BCUT2D eigenvalue weighted by atomic mass is 16.3. The van der Waals surface area contributed by atoms with Crippen LogP contribution in [0.25, 0.3) is 44.2 Å². The van der Waals surface area contributed by atoms with Gasteiger partial charge in [-0.15, -0.1) is 0 Å². The van der Waals surface area contributed by atoms with Gasteiger partial charge in [-0.25, -0.2) is 0 Å². The molecule has 1 atom stereocenters. The quantitative estimate of drug-likeness (QED) is 0.268. The summed E-state index contributed by atoms with van der Waals surface area (Å²) in [5.74, 6) is 0.343. The molecule has 1 aliphatic rings. The van der Waals surface area contributed by atoms with E-state index in [9.17, 15) is 0 Å². The Morgan fingerprint density at radius 3 is 2.44 bits per heavy atom. The molecule has 1 aliphatic carbocycles. The van der Waals surface area contributed by atoms with E-state index in [0.29, 0.717) is 5.92 Å². The lowest BCUT2D eigenvalue weighted by molar-refractivity contribution is 0.669. The monoisotopic (exact) mass is 412 g/mol. The Hall–Kier alpha value is -3.84. The molecule has 0 saturated carbocycles. The molecule has 0 fully saturated rings. The van der Waals surface area contributed by atoms with Gasteiger partial charge in [-0.1, -0.05) is 91.9 Å². The molecule has 154 valence electrons. The molecule has 0 amide bonds. The van der Waals surface area contributed by atoms with Crippen LogP contribution in [-0.4, -0.2) is 0 Å². The zero-order valence-electron chi connectivity index (χ0n) is 18.1. The van der Waals surface area contributed by atoms with Gasteiger partial charge in [0.2, 0.25) is 0 Å². The maximum absolute atomic E-state index is 6.04. The molecule has 4 aromatic carbocycles. The molecule has 0 radical (unpaired) electrons.